The smallest absolute Gasteiger partial charge is 0.273 e. The third kappa shape index (κ3) is 6.16. The lowest BCUT2D eigenvalue weighted by Gasteiger charge is -2.29. The van der Waals surface area contributed by atoms with Crippen molar-refractivity contribution >= 4 is 5.91 Å². The van der Waals surface area contributed by atoms with E-state index in [1.54, 1.807) is 7.11 Å². The van der Waals surface area contributed by atoms with Crippen LogP contribution < -0.4 is 10.1 Å². The monoisotopic (exact) mass is 469 g/mol. The van der Waals surface area contributed by atoms with Crippen LogP contribution in [0.2, 0.25) is 0 Å². The van der Waals surface area contributed by atoms with E-state index in [1.165, 1.54) is 11.8 Å². The second-order valence-electron chi connectivity index (χ2n) is 8.54. The minimum atomic E-state index is -0.260. The van der Waals surface area contributed by atoms with Crippen molar-refractivity contribution in [1.29, 1.82) is 0 Å². The second-order valence-corrected chi connectivity index (χ2v) is 8.54. The molecule has 0 unspecified atom stereocenters. The Kier molecular flexibility index (Phi) is 7.95. The molecule has 3 aromatic carbocycles. The van der Waals surface area contributed by atoms with Gasteiger partial charge in [0.15, 0.2) is 5.69 Å². The molecular formula is C29H31N3O3. The Morgan fingerprint density at radius 2 is 1.54 bits per heavy atom. The normalized spacial score (nSPS) is 12.8. The topological polar surface area (TPSA) is 67.6 Å². The first kappa shape index (κ1) is 24.2. The van der Waals surface area contributed by atoms with Gasteiger partial charge in [-0.05, 0) is 31.0 Å². The molecule has 1 aromatic heterocycles. The molecule has 0 saturated carbocycles. The van der Waals surface area contributed by atoms with Crippen molar-refractivity contribution in [3.05, 3.63) is 119 Å². The van der Waals surface area contributed by atoms with Gasteiger partial charge in [0.25, 0.3) is 5.91 Å². The van der Waals surface area contributed by atoms with Crippen LogP contribution in [0.1, 0.15) is 59.0 Å². The predicted octanol–water partition coefficient (Wildman–Crippen LogP) is 5.94. The SMILES string of the molecule is COc1ccccc1CN(Cc1nc(C(=O)N[C@H](C)c2ccccc2)co1)[C@H](C)c1ccccc1. The number of rotatable bonds is 10. The zero-order valence-electron chi connectivity index (χ0n) is 20.3. The Balaban J connectivity index is 1.51. The van der Waals surface area contributed by atoms with Crippen molar-refractivity contribution < 1.29 is 13.9 Å². The van der Waals surface area contributed by atoms with Gasteiger partial charge in [0.05, 0.1) is 19.7 Å². The number of ether oxygens (including phenoxy) is 1. The zero-order valence-corrected chi connectivity index (χ0v) is 20.3. The maximum absolute atomic E-state index is 12.8. The average molecular weight is 470 g/mol. The molecule has 0 spiro atoms. The number of amides is 1. The summed E-state index contributed by atoms with van der Waals surface area (Å²) in [6.45, 7) is 5.18. The highest BCUT2D eigenvalue weighted by Crippen LogP contribution is 2.27. The van der Waals surface area contributed by atoms with Crippen LogP contribution in [0.15, 0.2) is 95.6 Å². The fraction of sp³-hybridized carbons (Fsp3) is 0.241. The van der Waals surface area contributed by atoms with Crippen LogP contribution >= 0.6 is 0 Å². The fourth-order valence-corrected chi connectivity index (χ4v) is 4.08. The number of hydrogen-bond acceptors (Lipinski definition) is 5. The number of nitrogens with one attached hydrogen (secondary N) is 1. The lowest BCUT2D eigenvalue weighted by Crippen LogP contribution is -2.28. The van der Waals surface area contributed by atoms with E-state index in [0.717, 1.165) is 16.9 Å². The third-order valence-electron chi connectivity index (χ3n) is 6.17. The van der Waals surface area contributed by atoms with E-state index >= 15 is 0 Å². The number of carbonyl (C=O) groups is 1. The van der Waals surface area contributed by atoms with E-state index in [1.807, 2.05) is 73.7 Å². The van der Waals surface area contributed by atoms with Crippen molar-refractivity contribution in [3.8, 4) is 5.75 Å². The first-order chi connectivity index (χ1) is 17.0. The van der Waals surface area contributed by atoms with Gasteiger partial charge in [0.1, 0.15) is 12.0 Å². The zero-order chi connectivity index (χ0) is 24.6. The number of benzene rings is 3. The molecule has 1 N–H and O–H groups in total. The maximum Gasteiger partial charge on any atom is 0.273 e. The van der Waals surface area contributed by atoms with Crippen molar-refractivity contribution in [1.82, 2.24) is 15.2 Å². The average Bonchev–Trinajstić information content (AvgIpc) is 3.38. The minimum Gasteiger partial charge on any atom is -0.496 e. The molecule has 0 saturated heterocycles. The van der Waals surface area contributed by atoms with Crippen molar-refractivity contribution in [2.24, 2.45) is 0 Å². The summed E-state index contributed by atoms with van der Waals surface area (Å²) < 4.78 is 11.3. The Labute approximate surface area is 206 Å². The van der Waals surface area contributed by atoms with E-state index in [2.05, 4.69) is 40.3 Å². The van der Waals surface area contributed by atoms with Gasteiger partial charge in [-0.1, -0.05) is 78.9 Å². The van der Waals surface area contributed by atoms with Gasteiger partial charge < -0.3 is 14.5 Å². The van der Waals surface area contributed by atoms with Crippen LogP contribution in [0.4, 0.5) is 0 Å². The molecule has 0 aliphatic rings. The number of methoxy groups -OCH3 is 1. The van der Waals surface area contributed by atoms with Crippen LogP contribution in [0.5, 0.6) is 5.75 Å². The van der Waals surface area contributed by atoms with Crippen LogP contribution in [-0.2, 0) is 13.1 Å². The number of carbonyl (C=O) groups excluding carboxylic acids is 1. The molecular weight excluding hydrogens is 438 g/mol. The van der Waals surface area contributed by atoms with Gasteiger partial charge in [-0.15, -0.1) is 0 Å². The van der Waals surface area contributed by atoms with Crippen LogP contribution in [0.3, 0.4) is 0 Å². The standard InChI is InChI=1S/C29H31N3O3/c1-21(23-12-6-4-7-13-23)30-29(33)26-20-35-28(31-26)19-32(22(2)24-14-8-5-9-15-24)18-25-16-10-11-17-27(25)34-3/h4-17,20-22H,18-19H2,1-3H3,(H,30,33)/t21-,22-/m1/s1. The van der Waals surface area contributed by atoms with Crippen molar-refractivity contribution in [3.63, 3.8) is 0 Å². The van der Waals surface area contributed by atoms with Crippen LogP contribution in [0.25, 0.3) is 0 Å². The van der Waals surface area contributed by atoms with E-state index in [0.29, 0.717) is 19.0 Å². The lowest BCUT2D eigenvalue weighted by atomic mass is 10.1. The summed E-state index contributed by atoms with van der Waals surface area (Å²) in [4.78, 5) is 19.6. The van der Waals surface area contributed by atoms with Crippen molar-refractivity contribution in [2.75, 3.05) is 7.11 Å². The van der Waals surface area contributed by atoms with Gasteiger partial charge in [-0.3, -0.25) is 9.69 Å². The summed E-state index contributed by atoms with van der Waals surface area (Å²) in [5.74, 6) is 1.06. The summed E-state index contributed by atoms with van der Waals surface area (Å²) in [5.41, 5.74) is 3.55. The first-order valence-electron chi connectivity index (χ1n) is 11.8. The molecule has 0 fully saturated rings. The van der Waals surface area contributed by atoms with Crippen LogP contribution in [-0.4, -0.2) is 22.9 Å². The summed E-state index contributed by atoms with van der Waals surface area (Å²) in [7, 11) is 1.68. The molecule has 180 valence electrons. The molecule has 1 amide bonds. The molecule has 4 aromatic rings. The Morgan fingerprint density at radius 3 is 2.23 bits per heavy atom. The largest absolute Gasteiger partial charge is 0.496 e. The van der Waals surface area contributed by atoms with Gasteiger partial charge >= 0.3 is 0 Å². The molecule has 4 rings (SSSR count). The number of aromatic nitrogens is 1. The maximum atomic E-state index is 12.8. The molecule has 2 atom stereocenters. The van der Waals surface area contributed by atoms with Gasteiger partial charge in [-0.2, -0.15) is 0 Å². The first-order valence-corrected chi connectivity index (χ1v) is 11.8. The van der Waals surface area contributed by atoms with E-state index in [-0.39, 0.29) is 23.7 Å². The molecule has 0 aliphatic carbocycles. The fourth-order valence-electron chi connectivity index (χ4n) is 4.08. The van der Waals surface area contributed by atoms with E-state index in [9.17, 15) is 4.79 Å². The molecule has 6 nitrogen and oxygen atoms in total. The molecule has 35 heavy (non-hydrogen) atoms. The predicted molar refractivity (Wildman–Crippen MR) is 136 cm³/mol. The summed E-state index contributed by atoms with van der Waals surface area (Å²) in [6.07, 6.45) is 1.43. The molecule has 0 aliphatic heterocycles. The number of para-hydroxylation sites is 1. The summed E-state index contributed by atoms with van der Waals surface area (Å²) >= 11 is 0. The lowest BCUT2D eigenvalue weighted by molar-refractivity contribution is 0.0934. The van der Waals surface area contributed by atoms with E-state index in [4.69, 9.17) is 9.15 Å². The third-order valence-corrected chi connectivity index (χ3v) is 6.17. The van der Waals surface area contributed by atoms with Crippen LogP contribution in [0, 0.1) is 0 Å². The van der Waals surface area contributed by atoms with E-state index < -0.39 is 0 Å². The molecule has 6 heteroatoms. The Bertz CT molecular complexity index is 1220. The molecule has 1 heterocycles. The molecule has 0 bridgehead atoms. The van der Waals surface area contributed by atoms with Gasteiger partial charge in [0, 0.05) is 18.2 Å². The van der Waals surface area contributed by atoms with Gasteiger partial charge in [0.2, 0.25) is 5.89 Å². The van der Waals surface area contributed by atoms with Gasteiger partial charge in [-0.25, -0.2) is 4.98 Å². The highest BCUT2D eigenvalue weighted by atomic mass is 16.5. The summed E-state index contributed by atoms with van der Waals surface area (Å²) in [6, 6.07) is 28.1. The number of oxazole rings is 1. The summed E-state index contributed by atoms with van der Waals surface area (Å²) in [5, 5.41) is 2.99. The van der Waals surface area contributed by atoms with Crippen molar-refractivity contribution in [2.45, 2.75) is 39.0 Å². The quantitative estimate of drug-likeness (QED) is 0.311. The Hall–Kier alpha value is -3.90. The minimum absolute atomic E-state index is 0.0865. The number of hydrogen-bond donors (Lipinski definition) is 1. The highest BCUT2D eigenvalue weighted by Gasteiger charge is 2.22. The molecule has 0 radical (unpaired) electrons. The number of nitrogens with zero attached hydrogens (tertiary/aromatic N) is 2. The Morgan fingerprint density at radius 1 is 0.914 bits per heavy atom. The second kappa shape index (κ2) is 11.5. The highest BCUT2D eigenvalue weighted by molar-refractivity contribution is 5.92.